The van der Waals surface area contributed by atoms with Crippen LogP contribution in [0.25, 0.3) is 0 Å². The Hall–Kier alpha value is -4.61. The number of sulfone groups is 1. The number of nitrogens with zero attached hydrogens (tertiary/aromatic N) is 2. The van der Waals surface area contributed by atoms with Crippen molar-refractivity contribution in [3.05, 3.63) is 72.1 Å². The van der Waals surface area contributed by atoms with Crippen LogP contribution in [0.1, 0.15) is 13.8 Å². The summed E-state index contributed by atoms with van der Waals surface area (Å²) in [7, 11) is -3.83. The zero-order valence-electron chi connectivity index (χ0n) is 18.9. The highest BCUT2D eigenvalue weighted by molar-refractivity contribution is 7.91. The third-order valence-corrected chi connectivity index (χ3v) is 6.11. The Kier molecular flexibility index (Phi) is 9.58. The van der Waals surface area contributed by atoms with E-state index in [1.165, 1.54) is 60.9 Å². The van der Waals surface area contributed by atoms with Crippen molar-refractivity contribution in [1.29, 1.82) is 10.5 Å². The maximum Gasteiger partial charge on any atom is 0.350 e. The van der Waals surface area contributed by atoms with Crippen molar-refractivity contribution in [2.24, 2.45) is 0 Å². The molecule has 180 valence electrons. The summed E-state index contributed by atoms with van der Waals surface area (Å²) in [6.45, 7) is 3.51. The molecule has 0 aliphatic heterocycles. The molecule has 0 aromatic heterocycles. The molecule has 35 heavy (non-hydrogen) atoms. The molecular formula is C24H22N4O6S. The topological polar surface area (TPSA) is 158 Å². The van der Waals surface area contributed by atoms with E-state index in [9.17, 15) is 18.0 Å². The van der Waals surface area contributed by atoms with Crippen LogP contribution in [-0.4, -0.2) is 33.6 Å². The fourth-order valence-electron chi connectivity index (χ4n) is 2.60. The van der Waals surface area contributed by atoms with Crippen LogP contribution in [0.5, 0.6) is 0 Å². The molecule has 2 aromatic carbocycles. The van der Waals surface area contributed by atoms with Gasteiger partial charge in [-0.05, 0) is 62.4 Å². The number of benzene rings is 2. The van der Waals surface area contributed by atoms with Gasteiger partial charge >= 0.3 is 11.9 Å². The molecule has 2 rings (SSSR count). The van der Waals surface area contributed by atoms with Crippen molar-refractivity contribution in [1.82, 2.24) is 0 Å². The lowest BCUT2D eigenvalue weighted by molar-refractivity contribution is -0.138. The van der Waals surface area contributed by atoms with Gasteiger partial charge in [-0.1, -0.05) is 0 Å². The van der Waals surface area contributed by atoms with E-state index in [0.29, 0.717) is 11.4 Å². The summed E-state index contributed by atoms with van der Waals surface area (Å²) in [5.74, 6) is -1.53. The van der Waals surface area contributed by atoms with E-state index in [4.69, 9.17) is 20.0 Å². The summed E-state index contributed by atoms with van der Waals surface area (Å²) in [6, 6.07) is 15.0. The standard InChI is InChI=1S/C24H22N4O6S/c1-3-33-23(29)17(13-25)15-27-19-5-9-21(10-6-19)35(31,32)22-11-7-20(8-12-22)28-16-18(14-26)24(30)34-4-2/h5-12,15-16,27-28H,3-4H2,1-2H3/b17-15+,18-16?. The van der Waals surface area contributed by atoms with Crippen molar-refractivity contribution in [3.8, 4) is 12.1 Å². The Balaban J connectivity index is 2.14. The van der Waals surface area contributed by atoms with Gasteiger partial charge in [-0.25, -0.2) is 18.0 Å². The lowest BCUT2D eigenvalue weighted by Gasteiger charge is -2.08. The van der Waals surface area contributed by atoms with E-state index < -0.39 is 21.8 Å². The number of rotatable bonds is 10. The number of nitrogens with one attached hydrogen (secondary N) is 2. The number of carbonyl (C=O) groups is 2. The number of hydrogen-bond donors (Lipinski definition) is 2. The molecule has 0 radical (unpaired) electrons. The van der Waals surface area contributed by atoms with E-state index in [-0.39, 0.29) is 34.2 Å². The highest BCUT2D eigenvalue weighted by Gasteiger charge is 2.17. The second kappa shape index (κ2) is 12.6. The molecule has 0 bridgehead atoms. The molecule has 0 amide bonds. The van der Waals surface area contributed by atoms with E-state index in [1.807, 2.05) is 0 Å². The van der Waals surface area contributed by atoms with Crippen LogP contribution in [0, 0.1) is 22.7 Å². The Morgan fingerprint density at radius 2 is 1.11 bits per heavy atom. The van der Waals surface area contributed by atoms with Crippen LogP contribution in [-0.2, 0) is 28.9 Å². The van der Waals surface area contributed by atoms with Crippen molar-refractivity contribution in [2.45, 2.75) is 23.6 Å². The fourth-order valence-corrected chi connectivity index (χ4v) is 3.86. The number of ether oxygens (including phenoxy) is 2. The maximum atomic E-state index is 12.9. The molecule has 0 saturated heterocycles. The largest absolute Gasteiger partial charge is 0.462 e. The monoisotopic (exact) mass is 494 g/mol. The predicted molar refractivity (Wildman–Crippen MR) is 126 cm³/mol. The van der Waals surface area contributed by atoms with E-state index in [1.54, 1.807) is 26.0 Å². The Labute approximate surface area is 203 Å². The molecule has 0 saturated carbocycles. The molecule has 0 heterocycles. The number of hydrogen-bond acceptors (Lipinski definition) is 10. The molecule has 2 aromatic rings. The predicted octanol–water partition coefficient (Wildman–Crippen LogP) is 3.28. The van der Waals surface area contributed by atoms with Gasteiger partial charge in [0, 0.05) is 23.8 Å². The molecule has 0 atom stereocenters. The molecule has 11 heteroatoms. The molecule has 2 N–H and O–H groups in total. The third-order valence-electron chi connectivity index (χ3n) is 4.33. The third kappa shape index (κ3) is 7.19. The molecule has 0 unspecified atom stereocenters. The van der Waals surface area contributed by atoms with Gasteiger partial charge in [-0.2, -0.15) is 10.5 Å². The molecule has 0 spiro atoms. The summed E-state index contributed by atoms with van der Waals surface area (Å²) in [5, 5.41) is 23.6. The minimum atomic E-state index is -3.83. The molecule has 0 aliphatic rings. The van der Waals surface area contributed by atoms with E-state index >= 15 is 0 Å². The summed E-state index contributed by atoms with van der Waals surface area (Å²) >= 11 is 0. The van der Waals surface area contributed by atoms with Crippen LogP contribution in [0.2, 0.25) is 0 Å². The Bertz CT molecular complexity index is 1220. The van der Waals surface area contributed by atoms with Gasteiger partial charge in [0.15, 0.2) is 11.1 Å². The van der Waals surface area contributed by atoms with Crippen LogP contribution in [0.15, 0.2) is 81.9 Å². The summed E-state index contributed by atoms with van der Waals surface area (Å²) in [6.07, 6.45) is 2.36. The number of nitriles is 2. The SMILES string of the molecule is CCOC(=O)C(C#N)=CNc1ccc(S(=O)(=O)c2ccc(N/C=C(\C#N)C(=O)OCC)cc2)cc1. The zero-order chi connectivity index (χ0) is 25.8. The molecule has 0 aliphatic carbocycles. The van der Waals surface area contributed by atoms with E-state index in [2.05, 4.69) is 10.6 Å². The van der Waals surface area contributed by atoms with Crippen molar-refractivity contribution in [3.63, 3.8) is 0 Å². The highest BCUT2D eigenvalue weighted by Crippen LogP contribution is 2.24. The minimum Gasteiger partial charge on any atom is -0.462 e. The van der Waals surface area contributed by atoms with Crippen LogP contribution in [0.3, 0.4) is 0 Å². The van der Waals surface area contributed by atoms with Gasteiger partial charge in [0.2, 0.25) is 9.84 Å². The number of carbonyl (C=O) groups excluding carboxylic acids is 2. The van der Waals surface area contributed by atoms with Gasteiger partial charge in [0.25, 0.3) is 0 Å². The van der Waals surface area contributed by atoms with Gasteiger partial charge < -0.3 is 20.1 Å². The van der Waals surface area contributed by atoms with Crippen LogP contribution >= 0.6 is 0 Å². The molecular weight excluding hydrogens is 472 g/mol. The van der Waals surface area contributed by atoms with Crippen LogP contribution < -0.4 is 10.6 Å². The first kappa shape index (κ1) is 26.6. The van der Waals surface area contributed by atoms with Crippen molar-refractivity contribution < 1.29 is 27.5 Å². The molecule has 0 fully saturated rings. The zero-order valence-corrected chi connectivity index (χ0v) is 19.8. The smallest absolute Gasteiger partial charge is 0.350 e. The quantitative estimate of drug-likeness (QED) is 0.285. The van der Waals surface area contributed by atoms with Crippen molar-refractivity contribution in [2.75, 3.05) is 23.8 Å². The van der Waals surface area contributed by atoms with Gasteiger partial charge in [0.1, 0.15) is 12.1 Å². The molecule has 10 nitrogen and oxygen atoms in total. The first-order valence-corrected chi connectivity index (χ1v) is 11.8. The summed E-state index contributed by atoms with van der Waals surface area (Å²) in [4.78, 5) is 23.3. The maximum absolute atomic E-state index is 12.9. The Morgan fingerprint density at radius 3 is 1.40 bits per heavy atom. The van der Waals surface area contributed by atoms with Crippen molar-refractivity contribution >= 4 is 33.2 Å². The Morgan fingerprint density at radius 1 is 0.771 bits per heavy atom. The average Bonchev–Trinajstić information content (AvgIpc) is 2.86. The minimum absolute atomic E-state index is 0.0348. The fraction of sp³-hybridized carbons (Fsp3) is 0.167. The lowest BCUT2D eigenvalue weighted by Crippen LogP contribution is -2.08. The highest BCUT2D eigenvalue weighted by atomic mass is 32.2. The summed E-state index contributed by atoms with van der Waals surface area (Å²) < 4.78 is 35.4. The normalized spacial score (nSPS) is 11.5. The average molecular weight is 495 g/mol. The van der Waals surface area contributed by atoms with E-state index in [0.717, 1.165) is 0 Å². The number of anilines is 2. The first-order valence-electron chi connectivity index (χ1n) is 10.3. The van der Waals surface area contributed by atoms with Crippen LogP contribution in [0.4, 0.5) is 11.4 Å². The number of esters is 2. The van der Waals surface area contributed by atoms with Gasteiger partial charge in [-0.3, -0.25) is 0 Å². The van der Waals surface area contributed by atoms with Gasteiger partial charge in [0.05, 0.1) is 23.0 Å². The van der Waals surface area contributed by atoms with Gasteiger partial charge in [-0.15, -0.1) is 0 Å². The lowest BCUT2D eigenvalue weighted by atomic mass is 10.3. The second-order valence-corrected chi connectivity index (χ2v) is 8.57. The second-order valence-electron chi connectivity index (χ2n) is 6.62. The summed E-state index contributed by atoms with van der Waals surface area (Å²) in [5.41, 5.74) is 0.469. The first-order chi connectivity index (χ1) is 16.8.